The number of nitrogens with zero attached hydrogens (tertiary/aromatic N) is 3. The van der Waals surface area contributed by atoms with Gasteiger partial charge in [-0.2, -0.15) is 9.61 Å². The van der Waals surface area contributed by atoms with Gasteiger partial charge < -0.3 is 10.2 Å². The van der Waals surface area contributed by atoms with Crippen molar-refractivity contribution >= 4 is 11.6 Å². The van der Waals surface area contributed by atoms with Crippen LogP contribution in [0.2, 0.25) is 0 Å². The van der Waals surface area contributed by atoms with Crippen LogP contribution in [0.1, 0.15) is 10.5 Å². The van der Waals surface area contributed by atoms with E-state index in [0.717, 1.165) is 10.1 Å². The second-order valence-electron chi connectivity index (χ2n) is 3.97. The Morgan fingerprint density at radius 2 is 1.89 bits per heavy atom. The summed E-state index contributed by atoms with van der Waals surface area (Å²) in [7, 11) is 0. The van der Waals surface area contributed by atoms with Crippen molar-refractivity contribution in [1.82, 2.24) is 14.6 Å². The molecule has 0 aliphatic rings. The number of rotatable bonds is 2. The van der Waals surface area contributed by atoms with Gasteiger partial charge in [-0.3, -0.25) is 0 Å². The highest BCUT2D eigenvalue weighted by Crippen LogP contribution is 2.22. The first kappa shape index (κ1) is 11.2. The Labute approximate surface area is 107 Å². The molecule has 0 atom stereocenters. The van der Waals surface area contributed by atoms with E-state index in [1.165, 1.54) is 12.1 Å². The lowest BCUT2D eigenvalue weighted by atomic mass is 10.1. The summed E-state index contributed by atoms with van der Waals surface area (Å²) in [5.74, 6) is -1.32. The molecule has 2 aromatic heterocycles. The predicted molar refractivity (Wildman–Crippen MR) is 67.0 cm³/mol. The van der Waals surface area contributed by atoms with Crippen LogP contribution in [0.4, 0.5) is 0 Å². The summed E-state index contributed by atoms with van der Waals surface area (Å²) >= 11 is 0. The number of carboxylic acid groups (broad SMARTS) is 1. The maximum Gasteiger partial charge on any atom is 0.356 e. The van der Waals surface area contributed by atoms with Crippen molar-refractivity contribution in [3.63, 3.8) is 0 Å². The van der Waals surface area contributed by atoms with Crippen LogP contribution in [0, 0.1) is 0 Å². The summed E-state index contributed by atoms with van der Waals surface area (Å²) in [4.78, 5) is 15.1. The van der Waals surface area contributed by atoms with Gasteiger partial charge in [-0.1, -0.05) is 30.3 Å². The molecule has 3 aromatic rings. The van der Waals surface area contributed by atoms with Gasteiger partial charge in [0.25, 0.3) is 0 Å². The first-order valence-corrected chi connectivity index (χ1v) is 5.53. The van der Waals surface area contributed by atoms with E-state index in [0.29, 0.717) is 5.69 Å². The predicted octanol–water partition coefficient (Wildman–Crippen LogP) is 1.80. The van der Waals surface area contributed by atoms with Gasteiger partial charge >= 0.3 is 5.97 Å². The lowest BCUT2D eigenvalue weighted by molar-refractivity contribution is 0.0690. The number of carbonyl (C=O) groups is 1. The Kier molecular flexibility index (Phi) is 2.42. The standard InChI is InChI=1S/C13H9N3O3/c17-12-7-9(8-4-2-1-3-5-8)14-11-6-10(13(18)19)15-16(11)12/h1-7,17H,(H,18,19). The third kappa shape index (κ3) is 1.89. The first-order valence-electron chi connectivity index (χ1n) is 5.53. The van der Waals surface area contributed by atoms with Crippen molar-refractivity contribution in [2.75, 3.05) is 0 Å². The summed E-state index contributed by atoms with van der Waals surface area (Å²) in [5, 5.41) is 22.5. The number of hydrogen-bond acceptors (Lipinski definition) is 4. The molecule has 94 valence electrons. The van der Waals surface area contributed by atoms with Gasteiger partial charge in [0.1, 0.15) is 0 Å². The van der Waals surface area contributed by atoms with Crippen LogP contribution >= 0.6 is 0 Å². The number of fused-ring (bicyclic) bond motifs is 1. The second-order valence-corrected chi connectivity index (χ2v) is 3.97. The fourth-order valence-corrected chi connectivity index (χ4v) is 1.82. The zero-order chi connectivity index (χ0) is 13.4. The molecule has 2 N–H and O–H groups in total. The molecule has 1 aromatic carbocycles. The monoisotopic (exact) mass is 255 g/mol. The van der Waals surface area contributed by atoms with Crippen molar-refractivity contribution in [3.8, 4) is 17.1 Å². The van der Waals surface area contributed by atoms with Crippen molar-refractivity contribution in [2.24, 2.45) is 0 Å². The van der Waals surface area contributed by atoms with E-state index in [2.05, 4.69) is 10.1 Å². The molecule has 0 radical (unpaired) electrons. The Hall–Kier alpha value is -2.89. The molecule has 6 nitrogen and oxygen atoms in total. The van der Waals surface area contributed by atoms with Crippen molar-refractivity contribution in [3.05, 3.63) is 48.2 Å². The van der Waals surface area contributed by atoms with Crippen LogP contribution in [0.5, 0.6) is 5.88 Å². The Bertz CT molecular complexity index is 765. The van der Waals surface area contributed by atoms with Crippen molar-refractivity contribution < 1.29 is 15.0 Å². The molecule has 0 aliphatic carbocycles. The molecule has 19 heavy (non-hydrogen) atoms. The highest BCUT2D eigenvalue weighted by atomic mass is 16.4. The van der Waals surface area contributed by atoms with E-state index >= 15 is 0 Å². The average molecular weight is 255 g/mol. The number of hydrogen-bond donors (Lipinski definition) is 2. The lowest BCUT2D eigenvalue weighted by Crippen LogP contribution is -1.98. The SMILES string of the molecule is O=C(O)c1cc2nc(-c3ccccc3)cc(O)n2n1. The summed E-state index contributed by atoms with van der Waals surface area (Å²) < 4.78 is 1.09. The number of benzene rings is 1. The summed E-state index contributed by atoms with van der Waals surface area (Å²) in [6.07, 6.45) is 0. The van der Waals surface area contributed by atoms with E-state index < -0.39 is 5.97 Å². The third-order valence-electron chi connectivity index (χ3n) is 2.70. The lowest BCUT2D eigenvalue weighted by Gasteiger charge is -2.03. The van der Waals surface area contributed by atoms with E-state index in [1.807, 2.05) is 30.3 Å². The summed E-state index contributed by atoms with van der Waals surface area (Å²) in [6.45, 7) is 0. The molecule has 0 bridgehead atoms. The highest BCUT2D eigenvalue weighted by Gasteiger charge is 2.13. The normalized spacial score (nSPS) is 10.7. The minimum atomic E-state index is -1.16. The quantitative estimate of drug-likeness (QED) is 0.729. The molecule has 0 spiro atoms. The molecule has 0 amide bonds. The Balaban J connectivity index is 2.22. The number of aromatic hydroxyl groups is 1. The van der Waals surface area contributed by atoms with E-state index in [-0.39, 0.29) is 17.2 Å². The smallest absolute Gasteiger partial charge is 0.356 e. The largest absolute Gasteiger partial charge is 0.493 e. The van der Waals surface area contributed by atoms with Gasteiger partial charge in [0.2, 0.25) is 5.88 Å². The van der Waals surface area contributed by atoms with Crippen LogP contribution in [0.3, 0.4) is 0 Å². The minimum absolute atomic E-state index is 0.156. The van der Waals surface area contributed by atoms with Crippen LogP contribution < -0.4 is 0 Å². The first-order chi connectivity index (χ1) is 9.15. The topological polar surface area (TPSA) is 87.7 Å². The summed E-state index contributed by atoms with van der Waals surface area (Å²) in [5.41, 5.74) is 1.52. The van der Waals surface area contributed by atoms with Crippen LogP contribution in [-0.4, -0.2) is 30.8 Å². The molecule has 2 heterocycles. The van der Waals surface area contributed by atoms with Crippen LogP contribution in [0.15, 0.2) is 42.5 Å². The molecule has 0 unspecified atom stereocenters. The van der Waals surface area contributed by atoms with E-state index in [4.69, 9.17) is 5.11 Å². The number of carboxylic acids is 1. The van der Waals surface area contributed by atoms with Gasteiger partial charge in [0, 0.05) is 17.7 Å². The molecule has 0 saturated carbocycles. The molecule has 0 aliphatic heterocycles. The van der Waals surface area contributed by atoms with Gasteiger partial charge in [0.15, 0.2) is 11.3 Å². The van der Waals surface area contributed by atoms with Gasteiger partial charge in [-0.15, -0.1) is 0 Å². The molecule has 0 fully saturated rings. The Morgan fingerprint density at radius 1 is 1.16 bits per heavy atom. The molecule has 6 heteroatoms. The van der Waals surface area contributed by atoms with Crippen LogP contribution in [-0.2, 0) is 0 Å². The third-order valence-corrected chi connectivity index (χ3v) is 2.70. The summed E-state index contributed by atoms with van der Waals surface area (Å²) in [6, 6.07) is 12.1. The zero-order valence-electron chi connectivity index (χ0n) is 9.69. The maximum absolute atomic E-state index is 10.9. The van der Waals surface area contributed by atoms with E-state index in [1.54, 1.807) is 0 Å². The van der Waals surface area contributed by atoms with Gasteiger partial charge in [-0.05, 0) is 0 Å². The fourth-order valence-electron chi connectivity index (χ4n) is 1.82. The highest BCUT2D eigenvalue weighted by molar-refractivity contribution is 5.86. The fraction of sp³-hybridized carbons (Fsp3) is 0. The van der Waals surface area contributed by atoms with Crippen molar-refractivity contribution in [1.29, 1.82) is 0 Å². The van der Waals surface area contributed by atoms with Gasteiger partial charge in [-0.25, -0.2) is 9.78 Å². The Morgan fingerprint density at radius 3 is 2.58 bits per heavy atom. The van der Waals surface area contributed by atoms with E-state index in [9.17, 15) is 9.90 Å². The van der Waals surface area contributed by atoms with Gasteiger partial charge in [0.05, 0.1) is 5.69 Å². The average Bonchev–Trinajstić information content (AvgIpc) is 2.84. The number of aromatic nitrogens is 3. The maximum atomic E-state index is 10.9. The number of aromatic carboxylic acids is 1. The minimum Gasteiger partial charge on any atom is -0.493 e. The second kappa shape index (κ2) is 4.09. The zero-order valence-corrected chi connectivity index (χ0v) is 9.69. The molecule has 3 rings (SSSR count). The van der Waals surface area contributed by atoms with Crippen molar-refractivity contribution in [2.45, 2.75) is 0 Å². The van der Waals surface area contributed by atoms with Crippen LogP contribution in [0.25, 0.3) is 16.9 Å². The molecule has 0 saturated heterocycles. The molecular formula is C13H9N3O3. The molecular weight excluding hydrogens is 246 g/mol.